The molecule has 1 amide bonds. The number of piperidine rings is 1. The van der Waals surface area contributed by atoms with E-state index in [1.54, 1.807) is 0 Å². The molecule has 186 valence electrons. The molecule has 2 aromatic rings. The Kier molecular flexibility index (Phi) is 6.77. The van der Waals surface area contributed by atoms with E-state index in [1.807, 2.05) is 0 Å². The molecule has 12 heteroatoms. The van der Waals surface area contributed by atoms with Crippen molar-refractivity contribution >= 4 is 15.7 Å². The van der Waals surface area contributed by atoms with Crippen molar-refractivity contribution < 1.29 is 39.6 Å². The first kappa shape index (κ1) is 26.0. The SMILES string of the molecule is CC(C)(C1CCN(C(=O)c2cc(C(F)(F)F)ccn2)CC1)S(=O)(=O)c1cccc(C(F)(F)F)c1. The molecule has 34 heavy (non-hydrogen) atoms. The number of nitrogens with zero attached hydrogens (tertiary/aromatic N) is 2. The zero-order chi connectivity index (χ0) is 25.5. The lowest BCUT2D eigenvalue weighted by Gasteiger charge is -2.40. The van der Waals surface area contributed by atoms with Crippen molar-refractivity contribution in [3.8, 4) is 0 Å². The average molecular weight is 508 g/mol. The van der Waals surface area contributed by atoms with Crippen LogP contribution in [0.2, 0.25) is 0 Å². The number of rotatable bonds is 4. The van der Waals surface area contributed by atoms with E-state index in [4.69, 9.17) is 0 Å². The summed E-state index contributed by atoms with van der Waals surface area (Å²) in [5.74, 6) is -1.20. The van der Waals surface area contributed by atoms with Crippen molar-refractivity contribution in [2.45, 2.75) is 48.7 Å². The Bertz CT molecular complexity index is 1170. The largest absolute Gasteiger partial charge is 0.416 e. The smallest absolute Gasteiger partial charge is 0.337 e. The van der Waals surface area contributed by atoms with Crippen LogP contribution in [0.4, 0.5) is 26.3 Å². The van der Waals surface area contributed by atoms with Crippen molar-refractivity contribution in [3.05, 3.63) is 59.4 Å². The second-order valence-corrected chi connectivity index (χ2v) is 11.2. The summed E-state index contributed by atoms with van der Waals surface area (Å²) in [5.41, 5.74) is -2.45. The van der Waals surface area contributed by atoms with Crippen molar-refractivity contribution in [1.29, 1.82) is 0 Å². The Morgan fingerprint density at radius 2 is 1.50 bits per heavy atom. The van der Waals surface area contributed by atoms with Crippen LogP contribution >= 0.6 is 0 Å². The van der Waals surface area contributed by atoms with E-state index in [0.717, 1.165) is 30.5 Å². The molecular weight excluding hydrogens is 486 g/mol. The Morgan fingerprint density at radius 3 is 2.06 bits per heavy atom. The van der Waals surface area contributed by atoms with Gasteiger partial charge in [-0.2, -0.15) is 26.3 Å². The predicted octanol–water partition coefficient (Wildman–Crippen LogP) is 5.22. The van der Waals surface area contributed by atoms with Gasteiger partial charge < -0.3 is 4.90 Å². The third-order valence-corrected chi connectivity index (χ3v) is 8.83. The van der Waals surface area contributed by atoms with Crippen molar-refractivity contribution in [2.75, 3.05) is 13.1 Å². The first-order valence-corrected chi connectivity index (χ1v) is 11.8. The molecule has 1 aromatic heterocycles. The van der Waals surface area contributed by atoms with Gasteiger partial charge in [0.2, 0.25) is 0 Å². The highest BCUT2D eigenvalue weighted by Gasteiger charge is 2.45. The number of likely N-dealkylation sites (tertiary alicyclic amines) is 1. The zero-order valence-electron chi connectivity index (χ0n) is 18.2. The molecule has 3 rings (SSSR count). The summed E-state index contributed by atoms with van der Waals surface area (Å²) in [6, 6.07) is 4.97. The standard InChI is InChI=1S/C22H22F6N2O3S/c1-20(2,34(32,33)17-5-3-4-15(12-17)21(23,24)25)14-7-10-30(11-8-14)19(31)18-13-16(6-9-29-18)22(26,27)28/h3-6,9,12-14H,7-8,10-11H2,1-2H3. The van der Waals surface area contributed by atoms with E-state index in [9.17, 15) is 39.6 Å². The fourth-order valence-electron chi connectivity index (χ4n) is 4.03. The van der Waals surface area contributed by atoms with Crippen LogP contribution in [-0.4, -0.2) is 42.0 Å². The highest BCUT2D eigenvalue weighted by atomic mass is 32.2. The summed E-state index contributed by atoms with van der Waals surface area (Å²) in [6.45, 7) is 3.00. The minimum Gasteiger partial charge on any atom is -0.337 e. The third kappa shape index (κ3) is 5.06. The van der Waals surface area contributed by atoms with Gasteiger partial charge in [-0.15, -0.1) is 0 Å². The van der Waals surface area contributed by atoms with Crippen LogP contribution in [0.3, 0.4) is 0 Å². The molecule has 0 N–H and O–H groups in total. The molecule has 0 spiro atoms. The highest BCUT2D eigenvalue weighted by molar-refractivity contribution is 7.92. The number of benzene rings is 1. The van der Waals surface area contributed by atoms with Gasteiger partial charge in [-0.1, -0.05) is 6.07 Å². The Hall–Kier alpha value is -2.63. The summed E-state index contributed by atoms with van der Waals surface area (Å²) in [5, 5.41) is 0. The summed E-state index contributed by atoms with van der Waals surface area (Å²) < 4.78 is 103. The van der Waals surface area contributed by atoms with E-state index < -0.39 is 54.8 Å². The number of aromatic nitrogens is 1. The molecule has 0 atom stereocenters. The molecule has 5 nitrogen and oxygen atoms in total. The first-order chi connectivity index (χ1) is 15.5. The summed E-state index contributed by atoms with van der Waals surface area (Å²) in [6.07, 6.45) is -8.02. The van der Waals surface area contributed by atoms with Gasteiger partial charge in [-0.25, -0.2) is 8.42 Å². The molecule has 1 aliphatic heterocycles. The van der Waals surface area contributed by atoms with Gasteiger partial charge in [-0.3, -0.25) is 9.78 Å². The van der Waals surface area contributed by atoms with E-state index in [0.29, 0.717) is 12.1 Å². The monoisotopic (exact) mass is 508 g/mol. The summed E-state index contributed by atoms with van der Waals surface area (Å²) >= 11 is 0. The topological polar surface area (TPSA) is 67.3 Å². The molecule has 0 radical (unpaired) electrons. The summed E-state index contributed by atoms with van der Waals surface area (Å²) in [4.78, 5) is 17.2. The molecule has 1 fully saturated rings. The molecule has 0 bridgehead atoms. The number of pyridine rings is 1. The molecule has 1 aliphatic rings. The number of hydrogen-bond donors (Lipinski definition) is 0. The van der Waals surface area contributed by atoms with Crippen LogP contribution in [0.15, 0.2) is 47.5 Å². The van der Waals surface area contributed by atoms with Gasteiger partial charge in [0.1, 0.15) is 5.69 Å². The Morgan fingerprint density at radius 1 is 0.941 bits per heavy atom. The van der Waals surface area contributed by atoms with Gasteiger partial charge in [0, 0.05) is 19.3 Å². The Labute approximate surface area is 192 Å². The van der Waals surface area contributed by atoms with E-state index in [-0.39, 0.29) is 31.6 Å². The van der Waals surface area contributed by atoms with E-state index in [1.165, 1.54) is 18.7 Å². The number of alkyl halides is 6. The van der Waals surface area contributed by atoms with Crippen molar-refractivity contribution in [2.24, 2.45) is 5.92 Å². The van der Waals surface area contributed by atoms with E-state index in [2.05, 4.69) is 4.98 Å². The number of carbonyl (C=O) groups excluding carboxylic acids is 1. The van der Waals surface area contributed by atoms with Crippen LogP contribution in [-0.2, 0) is 22.2 Å². The van der Waals surface area contributed by atoms with Crippen LogP contribution < -0.4 is 0 Å². The fourth-order valence-corrected chi connectivity index (χ4v) is 5.85. The number of amides is 1. The highest BCUT2D eigenvalue weighted by Crippen LogP contribution is 2.39. The maximum atomic E-state index is 13.2. The first-order valence-electron chi connectivity index (χ1n) is 10.3. The molecule has 1 saturated heterocycles. The van der Waals surface area contributed by atoms with Crippen LogP contribution in [0.25, 0.3) is 0 Å². The lowest BCUT2D eigenvalue weighted by molar-refractivity contribution is -0.138. The fraction of sp³-hybridized carbons (Fsp3) is 0.455. The van der Waals surface area contributed by atoms with Gasteiger partial charge in [-0.05, 0) is 62.9 Å². The normalized spacial score (nSPS) is 16.5. The zero-order valence-corrected chi connectivity index (χ0v) is 19.1. The van der Waals surface area contributed by atoms with Crippen LogP contribution in [0.1, 0.15) is 48.3 Å². The van der Waals surface area contributed by atoms with Gasteiger partial charge in [0.25, 0.3) is 5.91 Å². The van der Waals surface area contributed by atoms with Crippen LogP contribution in [0.5, 0.6) is 0 Å². The minimum atomic E-state index is -4.70. The maximum Gasteiger partial charge on any atom is 0.416 e. The van der Waals surface area contributed by atoms with E-state index >= 15 is 0 Å². The molecule has 0 aliphatic carbocycles. The number of sulfone groups is 1. The number of halogens is 6. The minimum absolute atomic E-state index is 0.0724. The second-order valence-electron chi connectivity index (χ2n) is 8.63. The van der Waals surface area contributed by atoms with Gasteiger partial charge >= 0.3 is 12.4 Å². The van der Waals surface area contributed by atoms with Crippen molar-refractivity contribution in [3.63, 3.8) is 0 Å². The molecular formula is C22H22F6N2O3S. The van der Waals surface area contributed by atoms with Crippen molar-refractivity contribution in [1.82, 2.24) is 9.88 Å². The predicted molar refractivity (Wildman–Crippen MR) is 111 cm³/mol. The Balaban J connectivity index is 1.76. The average Bonchev–Trinajstić information content (AvgIpc) is 2.77. The quantitative estimate of drug-likeness (QED) is 0.531. The van der Waals surface area contributed by atoms with Crippen LogP contribution in [0, 0.1) is 5.92 Å². The lowest BCUT2D eigenvalue weighted by atomic mass is 9.85. The second kappa shape index (κ2) is 8.86. The molecule has 0 saturated carbocycles. The summed E-state index contributed by atoms with van der Waals surface area (Å²) in [7, 11) is -4.17. The molecule has 2 heterocycles. The van der Waals surface area contributed by atoms with Gasteiger partial charge in [0.05, 0.1) is 20.8 Å². The van der Waals surface area contributed by atoms with Gasteiger partial charge in [0.15, 0.2) is 9.84 Å². The molecule has 1 aromatic carbocycles. The third-order valence-electron chi connectivity index (χ3n) is 6.24. The maximum absolute atomic E-state index is 13.2. The number of hydrogen-bond acceptors (Lipinski definition) is 4. The molecule has 0 unspecified atom stereocenters. The number of carbonyl (C=O) groups is 1. The lowest BCUT2D eigenvalue weighted by Crippen LogP contribution is -2.47.